The van der Waals surface area contributed by atoms with Crippen molar-refractivity contribution in [1.29, 1.82) is 0 Å². The molecule has 4 rings (SSSR count). The number of carbonyl (C=O) groups is 1. The molecule has 1 atom stereocenters. The van der Waals surface area contributed by atoms with E-state index in [0.29, 0.717) is 29.0 Å². The molecule has 7 heteroatoms. The summed E-state index contributed by atoms with van der Waals surface area (Å²) in [6.07, 6.45) is 8.38. The van der Waals surface area contributed by atoms with Gasteiger partial charge < -0.3 is 9.88 Å². The average Bonchev–Trinajstić information content (AvgIpc) is 3.52. The molecule has 1 amide bonds. The number of hydrogen-bond donors (Lipinski definition) is 1. The Labute approximate surface area is 187 Å². The van der Waals surface area contributed by atoms with E-state index in [0.717, 1.165) is 46.9 Å². The van der Waals surface area contributed by atoms with Gasteiger partial charge in [-0.2, -0.15) is 0 Å². The van der Waals surface area contributed by atoms with E-state index in [-0.39, 0.29) is 16.7 Å². The van der Waals surface area contributed by atoms with Gasteiger partial charge >= 0.3 is 0 Å². The van der Waals surface area contributed by atoms with E-state index >= 15 is 0 Å². The molecule has 1 N–H and O–H groups in total. The van der Waals surface area contributed by atoms with E-state index in [1.807, 2.05) is 20.8 Å². The first-order valence-corrected chi connectivity index (χ1v) is 13.2. The molecule has 0 radical (unpaired) electrons. The number of aryl methyl sites for hydroxylation is 2. The summed E-state index contributed by atoms with van der Waals surface area (Å²) in [5, 5.41) is 0.584. The minimum Gasteiger partial charge on any atom is -0.336 e. The Balaban J connectivity index is 1.41. The predicted molar refractivity (Wildman–Crippen MR) is 126 cm³/mol. The van der Waals surface area contributed by atoms with Crippen LogP contribution in [0.25, 0.3) is 10.2 Å². The van der Waals surface area contributed by atoms with Crippen LogP contribution in [-0.2, 0) is 10.5 Å². The monoisotopic (exact) mass is 447 g/mol. The van der Waals surface area contributed by atoms with E-state index in [9.17, 15) is 9.59 Å². The van der Waals surface area contributed by atoms with Crippen molar-refractivity contribution in [2.45, 2.75) is 95.7 Å². The second-order valence-electron chi connectivity index (χ2n) is 8.99. The first-order valence-electron chi connectivity index (χ1n) is 11.3. The summed E-state index contributed by atoms with van der Waals surface area (Å²) in [5.41, 5.74) is 0.952. The highest BCUT2D eigenvalue weighted by molar-refractivity contribution is 7.99. The molecule has 2 aliphatic carbocycles. The lowest BCUT2D eigenvalue weighted by molar-refractivity contribution is -0.134. The van der Waals surface area contributed by atoms with Crippen LogP contribution in [-0.4, -0.2) is 38.1 Å². The normalized spacial score (nSPS) is 22.9. The molecule has 2 aromatic rings. The topological polar surface area (TPSA) is 66.1 Å². The van der Waals surface area contributed by atoms with E-state index in [1.165, 1.54) is 19.3 Å². The Morgan fingerprint density at radius 3 is 2.43 bits per heavy atom. The van der Waals surface area contributed by atoms with Gasteiger partial charge in [0, 0.05) is 17.0 Å². The van der Waals surface area contributed by atoms with Gasteiger partial charge in [0.05, 0.1) is 16.4 Å². The molecule has 0 aromatic carbocycles. The number of aromatic amines is 1. The predicted octanol–water partition coefficient (Wildman–Crippen LogP) is 5.18. The summed E-state index contributed by atoms with van der Waals surface area (Å²) < 4.78 is 0. The molecule has 2 aliphatic rings. The molecule has 0 bridgehead atoms. The number of aromatic nitrogens is 2. The maximum atomic E-state index is 13.3. The highest BCUT2D eigenvalue weighted by atomic mass is 32.2. The number of thiophene rings is 1. The van der Waals surface area contributed by atoms with Crippen molar-refractivity contribution >= 4 is 39.2 Å². The molecule has 0 saturated heterocycles. The number of rotatable bonds is 7. The summed E-state index contributed by atoms with van der Waals surface area (Å²) in [6.45, 7) is 8.29. The van der Waals surface area contributed by atoms with Gasteiger partial charge in [-0.05, 0) is 70.8 Å². The standard InChI is InChI=1S/C23H33N3O2S2/c1-5-16-6-8-17(9-7-16)26(18-10-11-18)23(28)15(4)29-12-19-24-21(27)20-13(2)14(3)30-22(20)25-19/h15-18H,5-12H2,1-4H3,(H,24,25,27). The lowest BCUT2D eigenvalue weighted by Gasteiger charge is -2.38. The van der Waals surface area contributed by atoms with Gasteiger partial charge in [0.25, 0.3) is 5.56 Å². The van der Waals surface area contributed by atoms with Crippen LogP contribution in [0.1, 0.15) is 75.1 Å². The number of fused-ring (bicyclic) bond motifs is 1. The largest absolute Gasteiger partial charge is 0.336 e. The summed E-state index contributed by atoms with van der Waals surface area (Å²) in [5.74, 6) is 2.33. The first kappa shape index (κ1) is 21.9. The smallest absolute Gasteiger partial charge is 0.259 e. The van der Waals surface area contributed by atoms with Crippen LogP contribution in [0.4, 0.5) is 0 Å². The van der Waals surface area contributed by atoms with Crippen LogP contribution in [0.2, 0.25) is 0 Å². The fourth-order valence-electron chi connectivity index (χ4n) is 4.69. The average molecular weight is 448 g/mol. The summed E-state index contributed by atoms with van der Waals surface area (Å²) >= 11 is 3.16. The van der Waals surface area contributed by atoms with Gasteiger partial charge in [-0.25, -0.2) is 4.98 Å². The maximum absolute atomic E-state index is 13.3. The molecule has 5 nitrogen and oxygen atoms in total. The van der Waals surface area contributed by atoms with Crippen molar-refractivity contribution in [2.75, 3.05) is 0 Å². The third-order valence-corrected chi connectivity index (χ3v) is 9.13. The van der Waals surface area contributed by atoms with E-state index in [1.54, 1.807) is 23.1 Å². The van der Waals surface area contributed by atoms with Crippen LogP contribution in [0.3, 0.4) is 0 Å². The second kappa shape index (κ2) is 9.03. The van der Waals surface area contributed by atoms with Crippen LogP contribution in [0.5, 0.6) is 0 Å². The van der Waals surface area contributed by atoms with Crippen LogP contribution in [0, 0.1) is 19.8 Å². The van der Waals surface area contributed by atoms with Gasteiger partial charge in [0.15, 0.2) is 0 Å². The van der Waals surface area contributed by atoms with Gasteiger partial charge in [0.1, 0.15) is 10.7 Å². The summed E-state index contributed by atoms with van der Waals surface area (Å²) in [6, 6.07) is 0.872. The van der Waals surface area contributed by atoms with Crippen molar-refractivity contribution in [3.05, 3.63) is 26.6 Å². The number of nitrogens with zero attached hydrogens (tertiary/aromatic N) is 2. The van der Waals surface area contributed by atoms with Crippen molar-refractivity contribution in [1.82, 2.24) is 14.9 Å². The number of thioether (sulfide) groups is 1. The van der Waals surface area contributed by atoms with E-state index in [2.05, 4.69) is 21.8 Å². The Bertz CT molecular complexity index is 971. The molecule has 2 aromatic heterocycles. The van der Waals surface area contributed by atoms with Gasteiger partial charge in [-0.1, -0.05) is 13.3 Å². The molecule has 0 aliphatic heterocycles. The molecular formula is C23H33N3O2S2. The van der Waals surface area contributed by atoms with Crippen molar-refractivity contribution in [3.63, 3.8) is 0 Å². The van der Waals surface area contributed by atoms with Gasteiger partial charge in [-0.3, -0.25) is 9.59 Å². The minimum atomic E-state index is -0.123. The molecule has 2 fully saturated rings. The Kier molecular flexibility index (Phi) is 6.58. The zero-order valence-corrected chi connectivity index (χ0v) is 20.1. The van der Waals surface area contributed by atoms with Crippen molar-refractivity contribution in [3.8, 4) is 0 Å². The first-order chi connectivity index (χ1) is 14.4. The fourth-order valence-corrected chi connectivity index (χ4v) is 6.55. The number of amides is 1. The number of hydrogen-bond acceptors (Lipinski definition) is 5. The van der Waals surface area contributed by atoms with Crippen LogP contribution in [0.15, 0.2) is 4.79 Å². The number of carbonyl (C=O) groups excluding carboxylic acids is 1. The number of H-pyrrole nitrogens is 1. The molecule has 164 valence electrons. The molecule has 2 heterocycles. The summed E-state index contributed by atoms with van der Waals surface area (Å²) in [7, 11) is 0. The van der Waals surface area contributed by atoms with Gasteiger partial charge in [-0.15, -0.1) is 23.1 Å². The SMILES string of the molecule is CCC1CCC(N(C(=O)C(C)SCc2nc3sc(C)c(C)c3c(=O)[nH]2)C2CC2)CC1. The van der Waals surface area contributed by atoms with E-state index in [4.69, 9.17) is 0 Å². The maximum Gasteiger partial charge on any atom is 0.259 e. The Morgan fingerprint density at radius 1 is 1.20 bits per heavy atom. The molecule has 0 spiro atoms. The van der Waals surface area contributed by atoms with Crippen LogP contribution < -0.4 is 5.56 Å². The minimum absolute atomic E-state index is 0.0660. The lowest BCUT2D eigenvalue weighted by atomic mass is 9.83. The second-order valence-corrected chi connectivity index (χ2v) is 11.5. The lowest BCUT2D eigenvalue weighted by Crippen LogP contribution is -2.47. The Hall–Kier alpha value is -1.34. The molecule has 2 saturated carbocycles. The van der Waals surface area contributed by atoms with Crippen molar-refractivity contribution < 1.29 is 4.79 Å². The third-order valence-electron chi connectivity index (χ3n) is 6.89. The molecule has 1 unspecified atom stereocenters. The van der Waals surface area contributed by atoms with E-state index < -0.39 is 0 Å². The zero-order chi connectivity index (χ0) is 21.4. The molecule has 30 heavy (non-hydrogen) atoms. The number of nitrogens with one attached hydrogen (secondary N) is 1. The zero-order valence-electron chi connectivity index (χ0n) is 18.5. The quantitative estimate of drug-likeness (QED) is 0.635. The molecular weight excluding hydrogens is 414 g/mol. The van der Waals surface area contributed by atoms with Gasteiger partial charge in [0.2, 0.25) is 5.91 Å². The highest BCUT2D eigenvalue weighted by Gasteiger charge is 2.40. The fraction of sp³-hybridized carbons (Fsp3) is 0.696. The van der Waals surface area contributed by atoms with Crippen molar-refractivity contribution in [2.24, 2.45) is 5.92 Å². The summed E-state index contributed by atoms with van der Waals surface area (Å²) in [4.78, 5) is 37.6. The Morgan fingerprint density at radius 2 is 1.83 bits per heavy atom. The van der Waals surface area contributed by atoms with Crippen LogP contribution >= 0.6 is 23.1 Å². The third kappa shape index (κ3) is 4.47. The highest BCUT2D eigenvalue weighted by Crippen LogP contribution is 2.37.